The minimum absolute atomic E-state index is 0.198. The van der Waals surface area contributed by atoms with E-state index in [1.807, 2.05) is 74.5 Å². The average molecular weight is 400 g/mol. The molecule has 2 fully saturated rings. The maximum absolute atomic E-state index is 9.95. The van der Waals surface area contributed by atoms with Crippen molar-refractivity contribution in [1.29, 1.82) is 0 Å². The van der Waals surface area contributed by atoms with Crippen LogP contribution in [0.1, 0.15) is 25.0 Å². The smallest absolute Gasteiger partial charge is 0.224 e. The predicted octanol–water partition coefficient (Wildman–Crippen LogP) is 3.03. The van der Waals surface area contributed by atoms with Crippen molar-refractivity contribution >= 4 is 0 Å². The molecule has 29 heavy (non-hydrogen) atoms. The van der Waals surface area contributed by atoms with Crippen molar-refractivity contribution in [3.05, 3.63) is 71.8 Å². The molecule has 0 aliphatic carbocycles. The lowest BCUT2D eigenvalue weighted by Crippen LogP contribution is -2.48. The van der Waals surface area contributed by atoms with Gasteiger partial charge in [-0.05, 0) is 25.0 Å². The van der Waals surface area contributed by atoms with E-state index in [2.05, 4.69) is 0 Å². The summed E-state index contributed by atoms with van der Waals surface area (Å²) in [7, 11) is 0. The zero-order chi connectivity index (χ0) is 20.3. The van der Waals surface area contributed by atoms with Gasteiger partial charge in [0.2, 0.25) is 5.79 Å². The Labute approximate surface area is 171 Å². The topological polar surface area (TPSA) is 66.4 Å². The molecule has 0 unspecified atom stereocenters. The van der Waals surface area contributed by atoms with E-state index in [1.165, 1.54) is 0 Å². The van der Waals surface area contributed by atoms with Gasteiger partial charge in [0.05, 0.1) is 19.8 Å². The zero-order valence-electron chi connectivity index (χ0n) is 16.8. The van der Waals surface area contributed by atoms with E-state index in [9.17, 15) is 5.11 Å². The highest BCUT2D eigenvalue weighted by molar-refractivity contribution is 5.15. The Hall–Kier alpha value is -1.80. The van der Waals surface area contributed by atoms with Crippen molar-refractivity contribution in [2.45, 2.75) is 56.9 Å². The van der Waals surface area contributed by atoms with E-state index in [-0.39, 0.29) is 13.2 Å². The van der Waals surface area contributed by atoms with Gasteiger partial charge in [0.15, 0.2) is 5.79 Å². The number of aliphatic hydroxyl groups excluding tert-OH is 1. The molecular weight excluding hydrogens is 372 g/mol. The molecule has 0 radical (unpaired) electrons. The lowest BCUT2D eigenvalue weighted by Gasteiger charge is -2.31. The van der Waals surface area contributed by atoms with E-state index in [1.54, 1.807) is 0 Å². The summed E-state index contributed by atoms with van der Waals surface area (Å²) in [6.07, 6.45) is -1.62. The van der Waals surface area contributed by atoms with Gasteiger partial charge in [-0.2, -0.15) is 0 Å². The van der Waals surface area contributed by atoms with Gasteiger partial charge < -0.3 is 28.8 Å². The first-order valence-electron chi connectivity index (χ1n) is 9.95. The molecule has 0 amide bonds. The summed E-state index contributed by atoms with van der Waals surface area (Å²) < 4.78 is 30.6. The second-order valence-electron chi connectivity index (χ2n) is 7.92. The third-order valence-corrected chi connectivity index (χ3v) is 5.23. The fourth-order valence-corrected chi connectivity index (χ4v) is 3.87. The number of benzene rings is 2. The molecule has 2 aliphatic heterocycles. The van der Waals surface area contributed by atoms with Gasteiger partial charge in [-0.3, -0.25) is 0 Å². The molecule has 0 aromatic heterocycles. The fraction of sp³-hybridized carbons (Fsp3) is 0.478. The molecule has 2 saturated heterocycles. The molecule has 4 rings (SSSR count). The maximum Gasteiger partial charge on any atom is 0.224 e. The van der Waals surface area contributed by atoms with Crippen molar-refractivity contribution in [3.63, 3.8) is 0 Å². The Morgan fingerprint density at radius 3 is 2.03 bits per heavy atom. The number of rotatable bonds is 7. The highest BCUT2D eigenvalue weighted by Crippen LogP contribution is 2.44. The van der Waals surface area contributed by atoms with Gasteiger partial charge in [-0.15, -0.1) is 0 Å². The Morgan fingerprint density at radius 2 is 1.52 bits per heavy atom. The molecule has 4 atom stereocenters. The summed E-state index contributed by atoms with van der Waals surface area (Å²) in [5.41, 5.74) is 2.07. The SMILES string of the molecule is CC1(C)OC[C@]2(O[C@H](CO)[C@@H](OCc3ccccc3)[C@@H]2OCc2ccccc2)O1. The summed E-state index contributed by atoms with van der Waals surface area (Å²) in [6.45, 7) is 4.45. The maximum atomic E-state index is 9.95. The molecule has 1 N–H and O–H groups in total. The minimum Gasteiger partial charge on any atom is -0.394 e. The van der Waals surface area contributed by atoms with Crippen LogP contribution >= 0.6 is 0 Å². The molecule has 6 nitrogen and oxygen atoms in total. The first kappa shape index (κ1) is 20.5. The molecule has 1 spiro atoms. The molecule has 2 aliphatic rings. The van der Waals surface area contributed by atoms with Gasteiger partial charge in [0, 0.05) is 0 Å². The number of aliphatic hydroxyl groups is 1. The quantitative estimate of drug-likeness (QED) is 0.771. The van der Waals surface area contributed by atoms with Crippen LogP contribution < -0.4 is 0 Å². The molecule has 0 bridgehead atoms. The van der Waals surface area contributed by atoms with Crippen LogP contribution in [0.4, 0.5) is 0 Å². The summed E-state index contributed by atoms with van der Waals surface area (Å²) in [4.78, 5) is 0. The van der Waals surface area contributed by atoms with Crippen LogP contribution in [0.2, 0.25) is 0 Å². The van der Waals surface area contributed by atoms with E-state index in [0.29, 0.717) is 13.2 Å². The molecule has 2 aromatic rings. The standard InChI is InChI=1S/C23H28O6/c1-22(2)27-16-23(29-22)21(26-15-18-11-7-4-8-12-18)20(19(13-24)28-23)25-14-17-9-5-3-6-10-17/h3-12,19-21,24H,13-16H2,1-2H3/t19-,20-,21+,23+/m1/s1. The Balaban J connectivity index is 1.55. The van der Waals surface area contributed by atoms with Crippen molar-refractivity contribution in [1.82, 2.24) is 0 Å². The number of hydrogen-bond donors (Lipinski definition) is 1. The lowest BCUT2D eigenvalue weighted by atomic mass is 10.0. The first-order chi connectivity index (χ1) is 14.0. The monoisotopic (exact) mass is 400 g/mol. The summed E-state index contributed by atoms with van der Waals surface area (Å²) in [5.74, 6) is -1.92. The van der Waals surface area contributed by atoms with Crippen molar-refractivity contribution < 1.29 is 28.8 Å². The van der Waals surface area contributed by atoms with Crippen LogP contribution in [0.15, 0.2) is 60.7 Å². The molecule has 2 heterocycles. The zero-order valence-corrected chi connectivity index (χ0v) is 16.8. The Morgan fingerprint density at radius 1 is 0.931 bits per heavy atom. The van der Waals surface area contributed by atoms with Gasteiger partial charge in [0.1, 0.15) is 24.9 Å². The first-order valence-corrected chi connectivity index (χ1v) is 9.95. The van der Waals surface area contributed by atoms with E-state index in [0.717, 1.165) is 11.1 Å². The van der Waals surface area contributed by atoms with Crippen LogP contribution in [0.25, 0.3) is 0 Å². The molecule has 2 aromatic carbocycles. The Kier molecular flexibility index (Phi) is 6.01. The summed E-state index contributed by atoms with van der Waals surface area (Å²) in [5, 5.41) is 9.95. The van der Waals surface area contributed by atoms with E-state index < -0.39 is 29.9 Å². The highest BCUT2D eigenvalue weighted by atomic mass is 16.9. The van der Waals surface area contributed by atoms with Crippen molar-refractivity contribution in [2.75, 3.05) is 13.2 Å². The normalized spacial score (nSPS) is 30.8. The van der Waals surface area contributed by atoms with Crippen LogP contribution in [-0.4, -0.2) is 48.2 Å². The summed E-state index contributed by atoms with van der Waals surface area (Å²) in [6, 6.07) is 19.8. The number of ether oxygens (including phenoxy) is 5. The van der Waals surface area contributed by atoms with Crippen molar-refractivity contribution in [2.24, 2.45) is 0 Å². The predicted molar refractivity (Wildman–Crippen MR) is 106 cm³/mol. The average Bonchev–Trinajstić information content (AvgIpc) is 3.21. The van der Waals surface area contributed by atoms with Crippen LogP contribution in [-0.2, 0) is 36.9 Å². The van der Waals surface area contributed by atoms with Crippen LogP contribution in [0.5, 0.6) is 0 Å². The van der Waals surface area contributed by atoms with Crippen LogP contribution in [0.3, 0.4) is 0 Å². The largest absolute Gasteiger partial charge is 0.394 e. The third kappa shape index (κ3) is 4.53. The molecule has 0 saturated carbocycles. The van der Waals surface area contributed by atoms with E-state index in [4.69, 9.17) is 23.7 Å². The van der Waals surface area contributed by atoms with Gasteiger partial charge in [0.25, 0.3) is 0 Å². The Bertz CT molecular complexity index is 780. The van der Waals surface area contributed by atoms with Crippen molar-refractivity contribution in [3.8, 4) is 0 Å². The molecule has 6 heteroatoms. The minimum atomic E-state index is -1.12. The van der Waals surface area contributed by atoms with Gasteiger partial charge in [-0.1, -0.05) is 60.7 Å². The molecular formula is C23H28O6. The summed E-state index contributed by atoms with van der Waals surface area (Å²) >= 11 is 0. The van der Waals surface area contributed by atoms with Gasteiger partial charge in [-0.25, -0.2) is 0 Å². The van der Waals surface area contributed by atoms with Gasteiger partial charge >= 0.3 is 0 Å². The second kappa shape index (κ2) is 8.52. The third-order valence-electron chi connectivity index (χ3n) is 5.23. The van der Waals surface area contributed by atoms with E-state index >= 15 is 0 Å². The van der Waals surface area contributed by atoms with Crippen LogP contribution in [0, 0.1) is 0 Å². The molecule has 156 valence electrons. The highest BCUT2D eigenvalue weighted by Gasteiger charge is 2.63. The fourth-order valence-electron chi connectivity index (χ4n) is 3.87. The lowest BCUT2D eigenvalue weighted by molar-refractivity contribution is -0.277. The number of hydrogen-bond acceptors (Lipinski definition) is 6. The second-order valence-corrected chi connectivity index (χ2v) is 7.92.